The van der Waals surface area contributed by atoms with E-state index in [0.29, 0.717) is 18.4 Å². The standard InChI is InChI=1S/C15H22O3/c1-8(2)14-11(16)6-10(4)15(14)7-12(17)9(3)5-13(15)18/h5,8,10,13-14,18H,6-7H2,1-4H3/t10-,13+,14-,15+/m1/s1. The first-order valence-corrected chi connectivity index (χ1v) is 6.73. The minimum atomic E-state index is -0.677. The van der Waals surface area contributed by atoms with Crippen molar-refractivity contribution in [3.05, 3.63) is 11.6 Å². The molecule has 0 aliphatic heterocycles. The van der Waals surface area contributed by atoms with E-state index in [2.05, 4.69) is 0 Å². The fourth-order valence-corrected chi connectivity index (χ4v) is 3.98. The van der Waals surface area contributed by atoms with Gasteiger partial charge in [0.05, 0.1) is 6.10 Å². The molecule has 1 spiro atoms. The number of carbonyl (C=O) groups excluding carboxylic acids is 2. The Balaban J connectivity index is 2.51. The van der Waals surface area contributed by atoms with Crippen molar-refractivity contribution in [1.82, 2.24) is 0 Å². The molecule has 2 aliphatic carbocycles. The summed E-state index contributed by atoms with van der Waals surface area (Å²) >= 11 is 0. The fourth-order valence-electron chi connectivity index (χ4n) is 3.98. The minimum Gasteiger partial charge on any atom is -0.388 e. The van der Waals surface area contributed by atoms with Crippen molar-refractivity contribution in [1.29, 1.82) is 0 Å². The zero-order valence-corrected chi connectivity index (χ0v) is 11.6. The third-order valence-corrected chi connectivity index (χ3v) is 4.88. The molecule has 2 aliphatic rings. The van der Waals surface area contributed by atoms with Crippen molar-refractivity contribution in [3.8, 4) is 0 Å². The molecule has 0 aromatic heterocycles. The first kappa shape index (κ1) is 13.5. The molecular formula is C15H22O3. The Morgan fingerprint density at radius 2 is 2.00 bits per heavy atom. The van der Waals surface area contributed by atoms with E-state index in [0.717, 1.165) is 0 Å². The van der Waals surface area contributed by atoms with Gasteiger partial charge in [-0.2, -0.15) is 0 Å². The van der Waals surface area contributed by atoms with E-state index >= 15 is 0 Å². The van der Waals surface area contributed by atoms with Gasteiger partial charge in [-0.05, 0) is 30.4 Å². The predicted molar refractivity (Wildman–Crippen MR) is 68.9 cm³/mol. The Kier molecular flexibility index (Phi) is 3.22. The summed E-state index contributed by atoms with van der Waals surface area (Å²) in [6.45, 7) is 7.74. The molecule has 0 radical (unpaired) electrons. The van der Waals surface area contributed by atoms with Gasteiger partial charge in [-0.15, -0.1) is 0 Å². The van der Waals surface area contributed by atoms with Crippen LogP contribution in [0.15, 0.2) is 11.6 Å². The second-order valence-electron chi connectivity index (χ2n) is 6.30. The van der Waals surface area contributed by atoms with E-state index < -0.39 is 11.5 Å². The van der Waals surface area contributed by atoms with Gasteiger partial charge in [0.25, 0.3) is 0 Å². The largest absolute Gasteiger partial charge is 0.388 e. The van der Waals surface area contributed by atoms with Crippen LogP contribution in [0.25, 0.3) is 0 Å². The zero-order chi connectivity index (χ0) is 13.7. The SMILES string of the molecule is CC1=C[C@H](O)[C@]2(CC1=O)[C@H](C)CC(=O)[C@H]2C(C)C. The summed E-state index contributed by atoms with van der Waals surface area (Å²) in [5, 5.41) is 10.5. The molecule has 0 aromatic rings. The number of carbonyl (C=O) groups is 2. The van der Waals surface area contributed by atoms with Gasteiger partial charge in [0.2, 0.25) is 0 Å². The molecule has 0 bridgehead atoms. The second-order valence-corrected chi connectivity index (χ2v) is 6.30. The molecule has 1 saturated carbocycles. The summed E-state index contributed by atoms with van der Waals surface area (Å²) in [7, 11) is 0. The average molecular weight is 250 g/mol. The third-order valence-electron chi connectivity index (χ3n) is 4.88. The highest BCUT2D eigenvalue weighted by Crippen LogP contribution is 2.55. The smallest absolute Gasteiger partial charge is 0.159 e. The highest BCUT2D eigenvalue weighted by Gasteiger charge is 2.59. The molecule has 0 aromatic carbocycles. The van der Waals surface area contributed by atoms with Crippen molar-refractivity contribution < 1.29 is 14.7 Å². The molecule has 18 heavy (non-hydrogen) atoms. The van der Waals surface area contributed by atoms with E-state index in [4.69, 9.17) is 0 Å². The summed E-state index contributed by atoms with van der Waals surface area (Å²) in [5.74, 6) is 0.318. The summed E-state index contributed by atoms with van der Waals surface area (Å²) in [6, 6.07) is 0. The highest BCUT2D eigenvalue weighted by molar-refractivity contribution is 5.98. The lowest BCUT2D eigenvalue weighted by atomic mass is 9.60. The zero-order valence-electron chi connectivity index (χ0n) is 11.6. The van der Waals surface area contributed by atoms with Gasteiger partial charge in [0.1, 0.15) is 5.78 Å². The Hall–Kier alpha value is -0.960. The molecule has 0 amide bonds. The van der Waals surface area contributed by atoms with Crippen molar-refractivity contribution in [3.63, 3.8) is 0 Å². The number of rotatable bonds is 1. The van der Waals surface area contributed by atoms with E-state index in [1.807, 2.05) is 20.8 Å². The second kappa shape index (κ2) is 4.30. The molecule has 1 N–H and O–H groups in total. The third kappa shape index (κ3) is 1.68. The summed E-state index contributed by atoms with van der Waals surface area (Å²) in [4.78, 5) is 24.2. The number of aliphatic hydroxyl groups is 1. The molecule has 3 heteroatoms. The first-order valence-electron chi connectivity index (χ1n) is 6.73. The quantitative estimate of drug-likeness (QED) is 0.775. The van der Waals surface area contributed by atoms with Gasteiger partial charge in [0, 0.05) is 24.2 Å². The van der Waals surface area contributed by atoms with Crippen LogP contribution in [-0.4, -0.2) is 22.8 Å². The van der Waals surface area contributed by atoms with Gasteiger partial charge in [-0.1, -0.05) is 20.8 Å². The van der Waals surface area contributed by atoms with E-state index in [-0.39, 0.29) is 29.3 Å². The van der Waals surface area contributed by atoms with Crippen LogP contribution >= 0.6 is 0 Å². The van der Waals surface area contributed by atoms with Gasteiger partial charge >= 0.3 is 0 Å². The number of ketones is 2. The minimum absolute atomic E-state index is 0.0701. The van der Waals surface area contributed by atoms with E-state index in [1.165, 1.54) is 0 Å². The predicted octanol–water partition coefficient (Wildman–Crippen LogP) is 2.13. The van der Waals surface area contributed by atoms with Crippen LogP contribution in [0.5, 0.6) is 0 Å². The normalized spacial score (nSPS) is 40.8. The highest BCUT2D eigenvalue weighted by atomic mass is 16.3. The molecule has 3 nitrogen and oxygen atoms in total. The van der Waals surface area contributed by atoms with Crippen molar-refractivity contribution in [2.75, 3.05) is 0 Å². The van der Waals surface area contributed by atoms with Gasteiger partial charge < -0.3 is 5.11 Å². The maximum atomic E-state index is 12.2. The maximum Gasteiger partial charge on any atom is 0.159 e. The van der Waals surface area contributed by atoms with Crippen molar-refractivity contribution >= 4 is 11.6 Å². The van der Waals surface area contributed by atoms with Gasteiger partial charge in [0.15, 0.2) is 5.78 Å². The van der Waals surface area contributed by atoms with Crippen LogP contribution in [0.1, 0.15) is 40.5 Å². The van der Waals surface area contributed by atoms with Crippen molar-refractivity contribution in [2.45, 2.75) is 46.6 Å². The lowest BCUT2D eigenvalue weighted by Crippen LogP contribution is -2.48. The number of hydrogen-bond acceptors (Lipinski definition) is 3. The fraction of sp³-hybridized carbons (Fsp3) is 0.733. The molecule has 4 atom stereocenters. The van der Waals surface area contributed by atoms with Gasteiger partial charge in [-0.25, -0.2) is 0 Å². The summed E-state index contributed by atoms with van der Waals surface area (Å²) in [5.41, 5.74) is 0.0594. The van der Waals surface area contributed by atoms with Crippen LogP contribution in [0, 0.1) is 23.2 Å². The number of allylic oxidation sites excluding steroid dienone is 1. The van der Waals surface area contributed by atoms with Gasteiger partial charge in [-0.3, -0.25) is 9.59 Å². The Morgan fingerprint density at radius 3 is 2.56 bits per heavy atom. The van der Waals surface area contributed by atoms with Crippen LogP contribution in [0.4, 0.5) is 0 Å². The lowest BCUT2D eigenvalue weighted by molar-refractivity contribution is -0.131. The Labute approximate surface area is 108 Å². The van der Waals surface area contributed by atoms with Crippen LogP contribution in [0.3, 0.4) is 0 Å². The van der Waals surface area contributed by atoms with Crippen LogP contribution in [0.2, 0.25) is 0 Å². The molecule has 0 unspecified atom stereocenters. The Morgan fingerprint density at radius 1 is 1.39 bits per heavy atom. The lowest BCUT2D eigenvalue weighted by Gasteiger charge is -2.44. The van der Waals surface area contributed by atoms with E-state index in [1.54, 1.807) is 13.0 Å². The van der Waals surface area contributed by atoms with Crippen LogP contribution < -0.4 is 0 Å². The number of aliphatic hydroxyl groups excluding tert-OH is 1. The maximum absolute atomic E-state index is 12.2. The molecule has 0 heterocycles. The molecule has 0 saturated heterocycles. The van der Waals surface area contributed by atoms with E-state index in [9.17, 15) is 14.7 Å². The Bertz CT molecular complexity index is 421. The molecule has 100 valence electrons. The molecular weight excluding hydrogens is 228 g/mol. The number of Topliss-reactive ketones (excluding diaryl/α,β-unsaturated/α-hetero) is 2. The molecule has 1 fully saturated rings. The summed E-state index contributed by atoms with van der Waals surface area (Å²) < 4.78 is 0. The monoisotopic (exact) mass is 250 g/mol. The van der Waals surface area contributed by atoms with Crippen LogP contribution in [-0.2, 0) is 9.59 Å². The molecule has 2 rings (SSSR count). The van der Waals surface area contributed by atoms with Crippen molar-refractivity contribution in [2.24, 2.45) is 23.2 Å². The first-order chi connectivity index (χ1) is 8.30. The average Bonchev–Trinajstić information content (AvgIpc) is 2.48. The summed E-state index contributed by atoms with van der Waals surface area (Å²) in [6.07, 6.45) is 1.77. The topological polar surface area (TPSA) is 54.4 Å². The number of hydrogen-bond donors (Lipinski definition) is 1.